The summed E-state index contributed by atoms with van der Waals surface area (Å²) < 4.78 is 25.4. The fourth-order valence-electron chi connectivity index (χ4n) is 3.60. The van der Waals surface area contributed by atoms with Crippen molar-refractivity contribution in [3.05, 3.63) is 64.5 Å². The molecule has 0 aliphatic carbocycles. The summed E-state index contributed by atoms with van der Waals surface area (Å²) in [6.07, 6.45) is 6.86. The molecule has 0 saturated carbocycles. The Morgan fingerprint density at radius 3 is 2.39 bits per heavy atom. The van der Waals surface area contributed by atoms with E-state index in [1.807, 2.05) is 0 Å². The van der Waals surface area contributed by atoms with Gasteiger partial charge in [0.05, 0.1) is 6.61 Å². The third-order valence-electron chi connectivity index (χ3n) is 5.17. The minimum Gasteiger partial charge on any atom is -0.490 e. The van der Waals surface area contributed by atoms with Crippen LogP contribution in [-0.2, 0) is 24.0 Å². The number of hydrogen-bond acceptors (Lipinski definition) is 3. The molecule has 0 spiro atoms. The molecule has 2 aromatic rings. The van der Waals surface area contributed by atoms with Crippen molar-refractivity contribution in [3.63, 3.8) is 0 Å². The van der Waals surface area contributed by atoms with E-state index in [-0.39, 0.29) is 17.4 Å². The second kappa shape index (κ2) is 9.72. The number of unbranched alkanes of at least 4 members (excludes halogenated alkanes) is 2. The molecule has 1 aliphatic heterocycles. The Balaban J connectivity index is 1.49. The van der Waals surface area contributed by atoms with E-state index < -0.39 is 11.8 Å². The lowest BCUT2D eigenvalue weighted by atomic mass is 9.98. The summed E-state index contributed by atoms with van der Waals surface area (Å²) in [6, 6.07) is 12.1. The number of rotatable bonds is 9. The van der Waals surface area contributed by atoms with Gasteiger partial charge in [0.2, 0.25) is 0 Å². The average Bonchev–Trinajstić information content (AvgIpc) is 2.67. The van der Waals surface area contributed by atoms with Crippen LogP contribution < -0.4 is 4.74 Å². The van der Waals surface area contributed by atoms with Crippen molar-refractivity contribution in [2.24, 2.45) is 0 Å². The van der Waals surface area contributed by atoms with E-state index in [1.54, 1.807) is 19.1 Å². The molecule has 0 fully saturated rings. The quantitative estimate of drug-likeness (QED) is 0.413. The van der Waals surface area contributed by atoms with Gasteiger partial charge in [-0.1, -0.05) is 50.1 Å². The number of carbonyl (C=O) groups is 1. The van der Waals surface area contributed by atoms with Gasteiger partial charge in [-0.15, -0.1) is 0 Å². The lowest BCUT2D eigenvalue weighted by Gasteiger charge is -2.22. The lowest BCUT2D eigenvalue weighted by molar-refractivity contribution is 0.0293. The molecule has 3 rings (SSSR count). The Kier molecular flexibility index (Phi) is 7.07. The normalized spacial score (nSPS) is 15.8. The number of benzene rings is 2. The van der Waals surface area contributed by atoms with Crippen LogP contribution in [0, 0.1) is 5.82 Å². The molecular weight excluding hydrogens is 355 g/mol. The average molecular weight is 384 g/mol. The predicted molar refractivity (Wildman–Crippen MR) is 108 cm³/mol. The van der Waals surface area contributed by atoms with Gasteiger partial charge < -0.3 is 9.47 Å². The van der Waals surface area contributed by atoms with E-state index in [0.717, 1.165) is 19.3 Å². The number of halogens is 1. The lowest BCUT2D eigenvalue weighted by Crippen LogP contribution is -2.26. The Morgan fingerprint density at radius 1 is 1.04 bits per heavy atom. The Labute approximate surface area is 166 Å². The van der Waals surface area contributed by atoms with Crippen molar-refractivity contribution in [3.8, 4) is 5.75 Å². The molecule has 2 aromatic carbocycles. The molecule has 1 aliphatic rings. The number of esters is 1. The van der Waals surface area contributed by atoms with Gasteiger partial charge >= 0.3 is 5.97 Å². The first-order chi connectivity index (χ1) is 13.6. The molecule has 1 heterocycles. The molecule has 28 heavy (non-hydrogen) atoms. The molecule has 0 bridgehead atoms. The largest absolute Gasteiger partial charge is 0.490 e. The highest BCUT2D eigenvalue weighted by Crippen LogP contribution is 2.29. The minimum atomic E-state index is -0.606. The Bertz CT molecular complexity index is 798. The Hall–Kier alpha value is -2.36. The summed E-state index contributed by atoms with van der Waals surface area (Å²) in [7, 11) is 0. The zero-order valence-corrected chi connectivity index (χ0v) is 16.8. The predicted octanol–water partition coefficient (Wildman–Crippen LogP) is 5.67. The number of carbonyl (C=O) groups excluding carboxylic acids is 1. The first-order valence-corrected chi connectivity index (χ1v) is 10.3. The molecule has 1 unspecified atom stereocenters. The van der Waals surface area contributed by atoms with E-state index in [1.165, 1.54) is 30.4 Å². The molecule has 0 aromatic heterocycles. The first kappa shape index (κ1) is 20.4. The van der Waals surface area contributed by atoms with E-state index in [0.29, 0.717) is 18.6 Å². The van der Waals surface area contributed by atoms with Gasteiger partial charge in [-0.25, -0.2) is 9.18 Å². The molecule has 4 heteroatoms. The maximum Gasteiger partial charge on any atom is 0.341 e. The van der Waals surface area contributed by atoms with Crippen LogP contribution in [0.5, 0.6) is 5.75 Å². The van der Waals surface area contributed by atoms with Gasteiger partial charge in [0, 0.05) is 6.42 Å². The third kappa shape index (κ3) is 5.12. The second-order valence-corrected chi connectivity index (χ2v) is 7.56. The van der Waals surface area contributed by atoms with Crippen LogP contribution in [0.15, 0.2) is 36.4 Å². The summed E-state index contributed by atoms with van der Waals surface area (Å²) in [5.74, 6) is -1.09. The van der Waals surface area contributed by atoms with E-state index in [2.05, 4.69) is 31.2 Å². The maximum atomic E-state index is 14.6. The highest BCUT2D eigenvalue weighted by atomic mass is 19.1. The van der Waals surface area contributed by atoms with E-state index >= 15 is 0 Å². The van der Waals surface area contributed by atoms with Crippen LogP contribution in [0.1, 0.15) is 66.6 Å². The summed E-state index contributed by atoms with van der Waals surface area (Å²) >= 11 is 0. The summed E-state index contributed by atoms with van der Waals surface area (Å²) in [5, 5.41) is 0. The van der Waals surface area contributed by atoms with E-state index in [9.17, 15) is 9.18 Å². The van der Waals surface area contributed by atoms with Gasteiger partial charge in [-0.2, -0.15) is 0 Å². The van der Waals surface area contributed by atoms with Crippen LogP contribution in [0.25, 0.3) is 0 Å². The zero-order chi connectivity index (χ0) is 19.9. The zero-order valence-electron chi connectivity index (χ0n) is 16.8. The molecule has 0 N–H and O–H groups in total. The second-order valence-electron chi connectivity index (χ2n) is 7.56. The fraction of sp³-hybridized carbons (Fsp3) is 0.458. The van der Waals surface area contributed by atoms with Gasteiger partial charge in [0.15, 0.2) is 11.6 Å². The molecule has 0 radical (unpaired) electrons. The SMILES string of the molecule is CCCCCc1ccc(CCCOc2ccc3c(c2F)C(=O)OC(C)C3)cc1. The van der Waals surface area contributed by atoms with Crippen LogP contribution in [0.3, 0.4) is 0 Å². The smallest absolute Gasteiger partial charge is 0.341 e. The standard InChI is InChI=1S/C24H29FO3/c1-3-4-5-7-18-9-11-19(12-10-18)8-6-15-27-21-14-13-20-16-17(2)28-24(26)22(20)23(21)25/h9-14,17H,3-8,15-16H2,1-2H3. The van der Waals surface area contributed by atoms with Crippen molar-refractivity contribution < 1.29 is 18.7 Å². The maximum absolute atomic E-state index is 14.6. The van der Waals surface area contributed by atoms with Crippen molar-refractivity contribution in [1.29, 1.82) is 0 Å². The number of aryl methyl sites for hydroxylation is 2. The summed E-state index contributed by atoms with van der Waals surface area (Å²) in [6.45, 7) is 4.42. The molecule has 0 saturated heterocycles. The number of hydrogen-bond donors (Lipinski definition) is 0. The molecule has 1 atom stereocenters. The Morgan fingerprint density at radius 2 is 1.71 bits per heavy atom. The van der Waals surface area contributed by atoms with E-state index in [4.69, 9.17) is 9.47 Å². The first-order valence-electron chi connectivity index (χ1n) is 10.3. The highest BCUT2D eigenvalue weighted by molar-refractivity contribution is 5.93. The van der Waals surface area contributed by atoms with Gasteiger partial charge in [-0.3, -0.25) is 0 Å². The molecule has 0 amide bonds. The van der Waals surface area contributed by atoms with Crippen molar-refractivity contribution in [1.82, 2.24) is 0 Å². The number of cyclic esters (lactones) is 1. The van der Waals surface area contributed by atoms with Gasteiger partial charge in [-0.05, 0) is 55.4 Å². The van der Waals surface area contributed by atoms with Crippen LogP contribution in [0.2, 0.25) is 0 Å². The molecule has 3 nitrogen and oxygen atoms in total. The molecule has 150 valence electrons. The number of fused-ring (bicyclic) bond motifs is 1. The van der Waals surface area contributed by atoms with Crippen molar-refractivity contribution in [2.75, 3.05) is 6.61 Å². The summed E-state index contributed by atoms with van der Waals surface area (Å²) in [4.78, 5) is 12.0. The topological polar surface area (TPSA) is 35.5 Å². The monoisotopic (exact) mass is 384 g/mol. The highest BCUT2D eigenvalue weighted by Gasteiger charge is 2.28. The van der Waals surface area contributed by atoms with Gasteiger partial charge in [0.25, 0.3) is 0 Å². The third-order valence-corrected chi connectivity index (χ3v) is 5.17. The van der Waals surface area contributed by atoms with Gasteiger partial charge in [0.1, 0.15) is 11.7 Å². The van der Waals surface area contributed by atoms with Crippen LogP contribution in [-0.4, -0.2) is 18.7 Å². The van der Waals surface area contributed by atoms with Crippen LogP contribution >= 0.6 is 0 Å². The molecular formula is C24H29FO3. The minimum absolute atomic E-state index is 0.0225. The van der Waals surface area contributed by atoms with Crippen molar-refractivity contribution >= 4 is 5.97 Å². The van der Waals surface area contributed by atoms with Crippen molar-refractivity contribution in [2.45, 2.75) is 64.9 Å². The summed E-state index contributed by atoms with van der Waals surface area (Å²) in [5.41, 5.74) is 3.35. The fourth-order valence-corrected chi connectivity index (χ4v) is 3.60. The number of ether oxygens (including phenoxy) is 2. The van der Waals surface area contributed by atoms with Crippen LogP contribution in [0.4, 0.5) is 4.39 Å².